The van der Waals surface area contributed by atoms with Crippen molar-refractivity contribution in [1.82, 2.24) is 14.6 Å². The first-order valence-electron chi connectivity index (χ1n) is 11.0. The second kappa shape index (κ2) is 12.4. The van der Waals surface area contributed by atoms with Crippen LogP contribution in [0.25, 0.3) is 0 Å². The predicted molar refractivity (Wildman–Crippen MR) is 126 cm³/mol. The van der Waals surface area contributed by atoms with Gasteiger partial charge in [-0.3, -0.25) is 0 Å². The number of benzene rings is 1. The van der Waals surface area contributed by atoms with Gasteiger partial charge >= 0.3 is 218 Å². The number of aromatic nitrogens is 2. The molecular formula is C22H28FN4O7PW. The normalized spacial score (nSPS) is 23.4. The first-order chi connectivity index (χ1) is 17.0. The van der Waals surface area contributed by atoms with Gasteiger partial charge in [0, 0.05) is 0 Å². The molecule has 1 aromatic heterocycles. The van der Waals surface area contributed by atoms with Crippen LogP contribution in [-0.2, 0) is 37.6 Å². The summed E-state index contributed by atoms with van der Waals surface area (Å²) in [4.78, 5) is 28.3. The average molecular weight is 694 g/mol. The first kappa shape index (κ1) is 28.4. The Kier molecular flexibility index (Phi) is 9.74. The molecule has 0 saturated carbocycles. The standard InChI is InChI=1S/C22H28FN4O7P.W/c1-13(2)32-21(29)14(3)26-35(34-15-7-5-4-6-8-15)31-12-17-19(28)16(11-23)20(33-17)27-10-9-18(24)25-22(27)30;/h4-11,13-14,17,19-20,26,28H,12H2,1-3H3,(H2,24,25,30);/b16-11+;/t14-,17-,19+,20-,35?;/m1./s1. The number of hydrogen-bond acceptors (Lipinski definition) is 10. The molecule has 1 saturated heterocycles. The van der Waals surface area contributed by atoms with Crippen LogP contribution in [0, 0.1) is 0 Å². The summed E-state index contributed by atoms with van der Waals surface area (Å²) in [6, 6.07) is 9.48. The van der Waals surface area contributed by atoms with E-state index >= 15 is 0 Å². The Labute approximate surface area is 217 Å². The molecular weight excluding hydrogens is 666 g/mol. The molecule has 0 amide bonds. The van der Waals surface area contributed by atoms with Gasteiger partial charge in [0.05, 0.1) is 0 Å². The molecule has 1 aliphatic rings. The molecule has 1 unspecified atom stereocenters. The number of nitrogens with two attached hydrogens (primary N) is 1. The van der Waals surface area contributed by atoms with Crippen molar-refractivity contribution in [2.45, 2.75) is 51.4 Å². The minimum absolute atomic E-state index is 0.00162. The van der Waals surface area contributed by atoms with Gasteiger partial charge in [0.15, 0.2) is 0 Å². The molecule has 14 heteroatoms. The molecule has 0 spiro atoms. The molecule has 0 radical (unpaired) electrons. The monoisotopic (exact) mass is 694 g/mol. The first-order valence-corrected chi connectivity index (χ1v) is 16.5. The Hall–Kier alpha value is -2.20. The van der Waals surface area contributed by atoms with Crippen molar-refractivity contribution in [3.05, 3.63) is 65.0 Å². The van der Waals surface area contributed by atoms with Gasteiger partial charge in [-0.1, -0.05) is 0 Å². The van der Waals surface area contributed by atoms with Crippen molar-refractivity contribution < 1.29 is 51.6 Å². The predicted octanol–water partition coefficient (Wildman–Crippen LogP) is 2.19. The number of ether oxygens (including phenoxy) is 2. The second-order valence-electron chi connectivity index (χ2n) is 8.16. The Bertz CT molecular complexity index is 1200. The fraction of sp³-hybridized carbons (Fsp3) is 0.409. The van der Waals surface area contributed by atoms with E-state index in [2.05, 4.69) is 10.1 Å². The zero-order chi connectivity index (χ0) is 26.5. The molecule has 2 aromatic rings. The van der Waals surface area contributed by atoms with Crippen LogP contribution in [0.5, 0.6) is 5.75 Å². The molecule has 4 N–H and O–H groups in total. The molecule has 36 heavy (non-hydrogen) atoms. The summed E-state index contributed by atoms with van der Waals surface area (Å²) >= 11 is 0.856. The van der Waals surface area contributed by atoms with Gasteiger partial charge in [-0.05, 0) is 0 Å². The number of carbonyl (C=O) groups excluding carboxylic acids is 1. The summed E-state index contributed by atoms with van der Waals surface area (Å²) in [6.45, 7) is 4.89. The minimum atomic E-state index is -2.93. The Morgan fingerprint density at radius 3 is 2.67 bits per heavy atom. The number of nitrogens with zero attached hydrogens (tertiary/aromatic N) is 2. The SMILES string of the molecule is CC(C)OC(=O)[C@@H](C)N[P](=[W])(OC[C@H]1O[C@@H](n2ccc(N)nc2=O)/C(=C/F)[C@@H]1O)Oc1ccccc1. The molecule has 1 aromatic carbocycles. The fourth-order valence-corrected chi connectivity index (χ4v) is 8.05. The van der Waals surface area contributed by atoms with E-state index in [1.54, 1.807) is 45.0 Å². The molecule has 1 fully saturated rings. The molecule has 11 nitrogen and oxygen atoms in total. The topological polar surface area (TPSA) is 147 Å². The maximum atomic E-state index is 13.7. The summed E-state index contributed by atoms with van der Waals surface area (Å²) < 4.78 is 38.0. The van der Waals surface area contributed by atoms with E-state index in [0.717, 1.165) is 23.4 Å². The molecule has 0 aliphatic carbocycles. The number of nitrogen functional groups attached to an aromatic ring is 1. The number of anilines is 1. The van der Waals surface area contributed by atoms with Gasteiger partial charge in [0.25, 0.3) is 0 Å². The average Bonchev–Trinajstić information content (AvgIpc) is 3.12. The van der Waals surface area contributed by atoms with Crippen molar-refractivity contribution >= 4 is 17.3 Å². The number of esters is 1. The summed E-state index contributed by atoms with van der Waals surface area (Å²) in [5.74, 6) is 0.0246. The van der Waals surface area contributed by atoms with Gasteiger partial charge in [-0.2, -0.15) is 0 Å². The third-order valence-corrected chi connectivity index (χ3v) is 9.67. The zero-order valence-electron chi connectivity index (χ0n) is 19.8. The van der Waals surface area contributed by atoms with E-state index in [1.165, 1.54) is 12.3 Å². The summed E-state index contributed by atoms with van der Waals surface area (Å²) in [6.07, 6.45) is -2.49. The third kappa shape index (κ3) is 7.18. The molecule has 0 bridgehead atoms. The zero-order valence-corrected chi connectivity index (χ0v) is 23.6. The molecule has 3 rings (SSSR count). The Morgan fingerprint density at radius 2 is 2.06 bits per heavy atom. The number of nitrogens with one attached hydrogen (secondary N) is 1. The summed E-state index contributed by atoms with van der Waals surface area (Å²) in [5, 5.41) is 13.8. The second-order valence-corrected chi connectivity index (χ2v) is 15.0. The number of halogens is 1. The van der Waals surface area contributed by atoms with Gasteiger partial charge in [-0.25, -0.2) is 0 Å². The number of hydrogen-bond donors (Lipinski definition) is 3. The van der Waals surface area contributed by atoms with E-state index in [4.69, 9.17) is 24.3 Å². The molecule has 5 atom stereocenters. The Morgan fingerprint density at radius 1 is 1.36 bits per heavy atom. The number of aliphatic hydroxyl groups is 1. The number of aliphatic hydroxyl groups excluding tert-OH is 1. The molecule has 196 valence electrons. The van der Waals surface area contributed by atoms with E-state index in [9.17, 15) is 19.1 Å². The quantitative estimate of drug-likeness (QED) is 0.250. The van der Waals surface area contributed by atoms with Gasteiger partial charge < -0.3 is 0 Å². The van der Waals surface area contributed by atoms with Gasteiger partial charge in [0.2, 0.25) is 0 Å². The van der Waals surface area contributed by atoms with Crippen LogP contribution in [0.15, 0.2) is 59.3 Å². The van der Waals surface area contributed by atoms with Crippen LogP contribution in [0.2, 0.25) is 0 Å². The van der Waals surface area contributed by atoms with Crippen molar-refractivity contribution in [1.29, 1.82) is 0 Å². The number of carbonyl (C=O) groups is 1. The van der Waals surface area contributed by atoms with Crippen LogP contribution >= 0.6 is 5.50 Å². The Balaban J connectivity index is 1.79. The van der Waals surface area contributed by atoms with Crippen LogP contribution in [0.4, 0.5) is 10.2 Å². The summed E-state index contributed by atoms with van der Waals surface area (Å²) in [5.41, 5.74) is 1.66. The van der Waals surface area contributed by atoms with E-state index < -0.39 is 41.6 Å². The van der Waals surface area contributed by atoms with E-state index in [-0.39, 0.29) is 30.4 Å². The fourth-order valence-electron chi connectivity index (χ4n) is 3.26. The van der Waals surface area contributed by atoms with Crippen molar-refractivity contribution in [2.75, 3.05) is 12.3 Å². The molecule has 2 heterocycles. The maximum absolute atomic E-state index is 13.7. The van der Waals surface area contributed by atoms with E-state index in [1.807, 2.05) is 6.07 Å². The van der Waals surface area contributed by atoms with Crippen molar-refractivity contribution in [2.24, 2.45) is 0 Å². The molecule has 1 aliphatic heterocycles. The van der Waals surface area contributed by atoms with Crippen LogP contribution in [-0.4, -0.2) is 51.6 Å². The van der Waals surface area contributed by atoms with Crippen LogP contribution in [0.1, 0.15) is 27.0 Å². The number of para-hydroxylation sites is 1. The summed E-state index contributed by atoms with van der Waals surface area (Å²) in [7, 11) is 0. The van der Waals surface area contributed by atoms with Gasteiger partial charge in [0.1, 0.15) is 0 Å². The van der Waals surface area contributed by atoms with Crippen LogP contribution in [0.3, 0.4) is 0 Å². The van der Waals surface area contributed by atoms with Crippen molar-refractivity contribution in [3.63, 3.8) is 0 Å². The van der Waals surface area contributed by atoms with Crippen LogP contribution < -0.4 is 21.0 Å². The third-order valence-electron chi connectivity index (χ3n) is 4.95. The van der Waals surface area contributed by atoms with Gasteiger partial charge in [-0.15, -0.1) is 0 Å². The van der Waals surface area contributed by atoms with Crippen molar-refractivity contribution in [3.8, 4) is 5.75 Å². The van der Waals surface area contributed by atoms with E-state index in [0.29, 0.717) is 5.75 Å². The number of rotatable bonds is 10.